The van der Waals surface area contributed by atoms with E-state index < -0.39 is 0 Å². The van der Waals surface area contributed by atoms with Gasteiger partial charge in [-0.3, -0.25) is 24.3 Å². The first-order valence-electron chi connectivity index (χ1n) is 11.2. The van der Waals surface area contributed by atoms with Crippen LogP contribution in [0.2, 0.25) is 0 Å². The van der Waals surface area contributed by atoms with E-state index in [1.807, 2.05) is 20.8 Å². The second kappa shape index (κ2) is 9.11. The van der Waals surface area contributed by atoms with E-state index in [2.05, 4.69) is 33.5 Å². The van der Waals surface area contributed by atoms with E-state index in [9.17, 15) is 9.59 Å². The van der Waals surface area contributed by atoms with Crippen molar-refractivity contribution >= 4 is 11.6 Å². The van der Waals surface area contributed by atoms with Crippen LogP contribution in [0.1, 0.15) is 72.6 Å². The molecule has 2 saturated heterocycles. The van der Waals surface area contributed by atoms with Gasteiger partial charge in [-0.15, -0.1) is 0 Å². The molecule has 0 saturated carbocycles. The molecule has 1 aromatic rings. The average molecular weight is 403 g/mol. The Bertz CT molecular complexity index is 738. The Kier molecular flexibility index (Phi) is 6.97. The highest BCUT2D eigenvalue weighted by Gasteiger charge is 2.31. The highest BCUT2D eigenvalue weighted by Crippen LogP contribution is 2.24. The number of hydrogen-bond acceptors (Lipinski definition) is 5. The summed E-state index contributed by atoms with van der Waals surface area (Å²) in [6.45, 7) is 18.1. The summed E-state index contributed by atoms with van der Waals surface area (Å²) >= 11 is 0. The van der Waals surface area contributed by atoms with Gasteiger partial charge in [0.15, 0.2) is 11.6 Å². The highest BCUT2D eigenvalue weighted by atomic mass is 16.1. The number of likely N-dealkylation sites (tertiary alicyclic amines) is 1. The molecule has 3 unspecified atom stereocenters. The number of hydrogen-bond donors (Lipinski definition) is 1. The first kappa shape index (κ1) is 22.2. The van der Waals surface area contributed by atoms with Gasteiger partial charge in [-0.2, -0.15) is 0 Å². The molecule has 2 aliphatic heterocycles. The predicted molar refractivity (Wildman–Crippen MR) is 117 cm³/mol. The Hall–Kier alpha value is -1.50. The van der Waals surface area contributed by atoms with Crippen molar-refractivity contribution in [2.45, 2.75) is 72.5 Å². The number of aromatic nitrogens is 1. The number of rotatable bonds is 7. The summed E-state index contributed by atoms with van der Waals surface area (Å²) in [5.74, 6) is 0.101. The zero-order chi connectivity index (χ0) is 21.3. The fourth-order valence-electron chi connectivity index (χ4n) is 5.22. The molecule has 0 amide bonds. The minimum absolute atomic E-state index is 0.0122. The molecule has 1 aromatic heterocycles. The fraction of sp³-hybridized carbons (Fsp3) is 0.739. The quantitative estimate of drug-likeness (QED) is 0.711. The maximum Gasteiger partial charge on any atom is 0.196 e. The summed E-state index contributed by atoms with van der Waals surface area (Å²) in [6.07, 6.45) is 2.63. The lowest BCUT2D eigenvalue weighted by Crippen LogP contribution is -2.53. The molecule has 3 heterocycles. The van der Waals surface area contributed by atoms with E-state index in [4.69, 9.17) is 0 Å². The maximum absolute atomic E-state index is 13.1. The standard InChI is InChI=1S/C23H38N4O2/c1-15-7-8-16(2)27(15)14-11-25-9-12-26(13-10-25)19(5)23(29)22-17(3)21(20(6)28)18(4)24-22/h15-16,19,24H,7-14H2,1-6H3. The first-order valence-corrected chi connectivity index (χ1v) is 11.2. The van der Waals surface area contributed by atoms with Crippen LogP contribution in [0.5, 0.6) is 0 Å². The maximum atomic E-state index is 13.1. The Labute approximate surface area is 175 Å². The van der Waals surface area contributed by atoms with Crippen molar-refractivity contribution in [1.29, 1.82) is 0 Å². The topological polar surface area (TPSA) is 59.7 Å². The Morgan fingerprint density at radius 3 is 2.14 bits per heavy atom. The number of piperazine rings is 1. The number of ketones is 2. The van der Waals surface area contributed by atoms with Gasteiger partial charge in [0.05, 0.1) is 11.7 Å². The largest absolute Gasteiger partial charge is 0.355 e. The molecule has 0 aliphatic carbocycles. The highest BCUT2D eigenvalue weighted by molar-refractivity contribution is 6.05. The van der Waals surface area contributed by atoms with Gasteiger partial charge in [-0.1, -0.05) is 0 Å². The minimum Gasteiger partial charge on any atom is -0.355 e. The molecule has 6 heteroatoms. The van der Waals surface area contributed by atoms with Gasteiger partial charge in [0.1, 0.15) is 0 Å². The third kappa shape index (κ3) is 4.65. The van der Waals surface area contributed by atoms with Crippen LogP contribution in [-0.2, 0) is 0 Å². The molecule has 162 valence electrons. The number of carbonyl (C=O) groups excluding carboxylic acids is 2. The summed E-state index contributed by atoms with van der Waals surface area (Å²) in [5, 5.41) is 0. The van der Waals surface area contributed by atoms with Gasteiger partial charge >= 0.3 is 0 Å². The van der Waals surface area contributed by atoms with Crippen LogP contribution in [0.15, 0.2) is 0 Å². The van der Waals surface area contributed by atoms with Crippen LogP contribution in [0, 0.1) is 13.8 Å². The number of aryl methyl sites for hydroxylation is 1. The molecule has 6 nitrogen and oxygen atoms in total. The molecular weight excluding hydrogens is 364 g/mol. The number of carbonyl (C=O) groups is 2. The van der Waals surface area contributed by atoms with Gasteiger partial charge < -0.3 is 4.98 Å². The van der Waals surface area contributed by atoms with Crippen LogP contribution in [0.3, 0.4) is 0 Å². The fourth-order valence-corrected chi connectivity index (χ4v) is 5.22. The normalized spacial score (nSPS) is 25.4. The number of nitrogens with zero attached hydrogens (tertiary/aromatic N) is 3. The van der Waals surface area contributed by atoms with E-state index in [-0.39, 0.29) is 17.6 Å². The van der Waals surface area contributed by atoms with E-state index in [1.54, 1.807) is 6.92 Å². The van der Waals surface area contributed by atoms with Crippen molar-refractivity contribution in [2.24, 2.45) is 0 Å². The van der Waals surface area contributed by atoms with E-state index >= 15 is 0 Å². The summed E-state index contributed by atoms with van der Waals surface area (Å²) < 4.78 is 0. The molecule has 0 spiro atoms. The Morgan fingerprint density at radius 1 is 1.03 bits per heavy atom. The Balaban J connectivity index is 1.53. The summed E-state index contributed by atoms with van der Waals surface area (Å²) in [6, 6.07) is 1.24. The van der Waals surface area contributed by atoms with Crippen molar-refractivity contribution < 1.29 is 9.59 Å². The van der Waals surface area contributed by atoms with Gasteiger partial charge in [-0.25, -0.2) is 0 Å². The molecule has 3 atom stereocenters. The van der Waals surface area contributed by atoms with Crippen LogP contribution in [0.4, 0.5) is 0 Å². The van der Waals surface area contributed by atoms with E-state index in [0.717, 1.165) is 50.5 Å². The molecule has 0 aromatic carbocycles. The lowest BCUT2D eigenvalue weighted by Gasteiger charge is -2.38. The van der Waals surface area contributed by atoms with Gasteiger partial charge in [0, 0.05) is 62.6 Å². The summed E-state index contributed by atoms with van der Waals surface area (Å²) in [4.78, 5) is 35.6. The minimum atomic E-state index is -0.174. The predicted octanol–water partition coefficient (Wildman–Crippen LogP) is 2.90. The zero-order valence-corrected chi connectivity index (χ0v) is 19.0. The monoisotopic (exact) mass is 402 g/mol. The molecule has 2 aliphatic rings. The second-order valence-electron chi connectivity index (χ2n) is 9.11. The molecule has 2 fully saturated rings. The van der Waals surface area contributed by atoms with Crippen LogP contribution < -0.4 is 0 Å². The van der Waals surface area contributed by atoms with Crippen LogP contribution >= 0.6 is 0 Å². The van der Waals surface area contributed by atoms with E-state index in [0.29, 0.717) is 23.3 Å². The van der Waals surface area contributed by atoms with Crippen molar-refractivity contribution in [1.82, 2.24) is 19.7 Å². The SMILES string of the molecule is CC(=O)c1c(C)[nH]c(C(=O)C(C)N2CCN(CCN3C(C)CCC3C)CC2)c1C. The smallest absolute Gasteiger partial charge is 0.196 e. The first-order chi connectivity index (χ1) is 13.7. The second-order valence-corrected chi connectivity index (χ2v) is 9.11. The van der Waals surface area contributed by atoms with Crippen LogP contribution in [0.25, 0.3) is 0 Å². The van der Waals surface area contributed by atoms with Crippen molar-refractivity contribution in [3.63, 3.8) is 0 Å². The van der Waals surface area contributed by atoms with Crippen molar-refractivity contribution in [3.8, 4) is 0 Å². The van der Waals surface area contributed by atoms with Gasteiger partial charge in [-0.05, 0) is 59.9 Å². The third-order valence-corrected chi connectivity index (χ3v) is 7.18. The van der Waals surface area contributed by atoms with E-state index in [1.165, 1.54) is 12.8 Å². The molecule has 3 rings (SSSR count). The molecule has 0 radical (unpaired) electrons. The lowest BCUT2D eigenvalue weighted by molar-refractivity contribution is 0.0659. The zero-order valence-electron chi connectivity index (χ0n) is 19.0. The number of Topliss-reactive ketones (excluding diaryl/α,β-unsaturated/α-hetero) is 2. The van der Waals surface area contributed by atoms with Crippen LogP contribution in [-0.4, -0.2) is 88.6 Å². The summed E-state index contributed by atoms with van der Waals surface area (Å²) in [7, 11) is 0. The number of aromatic amines is 1. The summed E-state index contributed by atoms with van der Waals surface area (Å²) in [5.41, 5.74) is 2.84. The lowest BCUT2D eigenvalue weighted by atomic mass is 10.0. The Morgan fingerprint density at radius 2 is 1.62 bits per heavy atom. The van der Waals surface area contributed by atoms with Gasteiger partial charge in [0.2, 0.25) is 0 Å². The van der Waals surface area contributed by atoms with Crippen molar-refractivity contribution in [3.05, 3.63) is 22.5 Å². The molecule has 0 bridgehead atoms. The third-order valence-electron chi connectivity index (χ3n) is 7.18. The molecule has 29 heavy (non-hydrogen) atoms. The van der Waals surface area contributed by atoms with Crippen molar-refractivity contribution in [2.75, 3.05) is 39.3 Å². The number of H-pyrrole nitrogens is 1. The number of nitrogens with one attached hydrogen (secondary N) is 1. The molecular formula is C23H38N4O2. The average Bonchev–Trinajstić information content (AvgIpc) is 3.17. The molecule has 1 N–H and O–H groups in total. The van der Waals surface area contributed by atoms with Gasteiger partial charge in [0.25, 0.3) is 0 Å².